The number of aliphatic carboxylic acids is 1. The zero-order valence-electron chi connectivity index (χ0n) is 16.9. The Morgan fingerprint density at radius 2 is 2.07 bits per heavy atom. The van der Waals surface area contributed by atoms with Crippen LogP contribution in [0.25, 0.3) is 16.5 Å². The Hall–Kier alpha value is -3.05. The van der Waals surface area contributed by atoms with Crippen molar-refractivity contribution in [1.82, 2.24) is 4.57 Å². The van der Waals surface area contributed by atoms with E-state index in [1.807, 2.05) is 67.2 Å². The van der Waals surface area contributed by atoms with Crippen LogP contribution in [0.1, 0.15) is 37.4 Å². The quantitative estimate of drug-likeness (QED) is 0.526. The summed E-state index contributed by atoms with van der Waals surface area (Å²) in [7, 11) is 0. The highest BCUT2D eigenvalue weighted by Crippen LogP contribution is 2.34. The van der Waals surface area contributed by atoms with Gasteiger partial charge in [0.15, 0.2) is 0 Å². The number of nitrogens with zero attached hydrogens (tertiary/aromatic N) is 2. The molecule has 0 saturated heterocycles. The fraction of sp³-hybridized carbons (Fsp3) is 0.250. The van der Waals surface area contributed by atoms with Gasteiger partial charge in [-0.1, -0.05) is 23.7 Å². The molecule has 1 atom stereocenters. The number of hydrogen-bond donors (Lipinski definition) is 1. The minimum atomic E-state index is -0.796. The second-order valence-corrected chi connectivity index (χ2v) is 8.04. The molecular formula is C24H23ClN2O3. The number of carboxylic acid groups (broad SMARTS) is 1. The van der Waals surface area contributed by atoms with Gasteiger partial charge in [0.05, 0.1) is 23.6 Å². The van der Waals surface area contributed by atoms with Crippen molar-refractivity contribution in [3.63, 3.8) is 0 Å². The Morgan fingerprint density at radius 1 is 1.23 bits per heavy atom. The molecular weight excluding hydrogens is 400 g/mol. The predicted molar refractivity (Wildman–Crippen MR) is 121 cm³/mol. The lowest BCUT2D eigenvalue weighted by Crippen LogP contribution is -2.05. The average molecular weight is 423 g/mol. The number of aryl methyl sites for hydroxylation is 1. The molecule has 0 radical (unpaired) electrons. The topological polar surface area (TPSA) is 63.8 Å². The number of fused-ring (bicyclic) bond motifs is 1. The summed E-state index contributed by atoms with van der Waals surface area (Å²) in [5.74, 6) is -0.115. The van der Waals surface area contributed by atoms with E-state index in [0.717, 1.165) is 27.6 Å². The smallest absolute Gasteiger partial charge is 0.305 e. The van der Waals surface area contributed by atoms with Crippen molar-refractivity contribution in [2.75, 3.05) is 0 Å². The molecule has 2 aromatic carbocycles. The highest BCUT2D eigenvalue weighted by atomic mass is 35.5. The van der Waals surface area contributed by atoms with Crippen LogP contribution in [0.3, 0.4) is 0 Å². The molecule has 1 aliphatic heterocycles. The van der Waals surface area contributed by atoms with Gasteiger partial charge < -0.3 is 14.4 Å². The Kier molecular flexibility index (Phi) is 5.64. The lowest BCUT2D eigenvalue weighted by molar-refractivity contribution is -0.137. The van der Waals surface area contributed by atoms with E-state index in [1.54, 1.807) is 0 Å². The van der Waals surface area contributed by atoms with Gasteiger partial charge in [-0.15, -0.1) is 0 Å². The molecule has 0 aliphatic carbocycles. The number of rotatable bonds is 7. The average Bonchev–Trinajstić information content (AvgIpc) is 3.34. The van der Waals surface area contributed by atoms with Gasteiger partial charge in [-0.25, -0.2) is 0 Å². The standard InChI is InChI=1S/C24H23ClN2O3/c1-15(2)30-23-6-4-16(12-20(23)25)19-13-21(26-14-19)17-3-5-22-18(11-17)7-9-27(22)10-8-24(28)29/h3-7,9,11-15,21H,8,10H2,1-2H3,(H,28,29). The van der Waals surface area contributed by atoms with Gasteiger partial charge in [0.2, 0.25) is 0 Å². The molecule has 1 unspecified atom stereocenters. The summed E-state index contributed by atoms with van der Waals surface area (Å²) in [4.78, 5) is 15.5. The van der Waals surface area contributed by atoms with Crippen molar-refractivity contribution in [2.24, 2.45) is 4.99 Å². The third-order valence-corrected chi connectivity index (χ3v) is 5.34. The van der Waals surface area contributed by atoms with E-state index in [0.29, 0.717) is 17.3 Å². The van der Waals surface area contributed by atoms with Crippen LogP contribution in [0.15, 0.2) is 59.7 Å². The first kappa shape index (κ1) is 20.2. The fourth-order valence-corrected chi connectivity index (χ4v) is 3.84. The number of carboxylic acids is 1. The molecule has 3 aromatic rings. The third-order valence-electron chi connectivity index (χ3n) is 5.04. The van der Waals surface area contributed by atoms with E-state index in [1.165, 1.54) is 0 Å². The summed E-state index contributed by atoms with van der Waals surface area (Å²) in [6, 6.07) is 13.9. The molecule has 4 rings (SSSR count). The Morgan fingerprint density at radius 3 is 2.80 bits per heavy atom. The molecule has 1 aromatic heterocycles. The molecule has 0 amide bonds. The van der Waals surface area contributed by atoms with Crippen LogP contribution >= 0.6 is 11.6 Å². The van der Waals surface area contributed by atoms with Crippen LogP contribution < -0.4 is 4.74 Å². The summed E-state index contributed by atoms with van der Waals surface area (Å²) in [6.45, 7) is 4.40. The summed E-state index contributed by atoms with van der Waals surface area (Å²) >= 11 is 6.38. The van der Waals surface area contributed by atoms with Crippen LogP contribution in [-0.4, -0.2) is 28.0 Å². The third kappa shape index (κ3) is 4.26. The molecule has 1 aliphatic rings. The summed E-state index contributed by atoms with van der Waals surface area (Å²) in [5.41, 5.74) is 4.15. The number of allylic oxidation sites excluding steroid dienone is 1. The number of halogens is 1. The maximum absolute atomic E-state index is 10.8. The molecule has 1 N–H and O–H groups in total. The van der Waals surface area contributed by atoms with Crippen LogP contribution in [0, 0.1) is 0 Å². The van der Waals surface area contributed by atoms with Crippen LogP contribution in [-0.2, 0) is 11.3 Å². The van der Waals surface area contributed by atoms with Crippen molar-refractivity contribution in [2.45, 2.75) is 39.0 Å². The molecule has 0 fully saturated rings. The van der Waals surface area contributed by atoms with Crippen molar-refractivity contribution in [3.05, 3.63) is 70.9 Å². The number of aromatic nitrogens is 1. The second kappa shape index (κ2) is 8.36. The van der Waals surface area contributed by atoms with Gasteiger partial charge in [-0.2, -0.15) is 0 Å². The molecule has 2 heterocycles. The molecule has 6 heteroatoms. The molecule has 5 nitrogen and oxygen atoms in total. The van der Waals surface area contributed by atoms with Gasteiger partial charge in [0.1, 0.15) is 5.75 Å². The normalized spacial score (nSPS) is 15.7. The van der Waals surface area contributed by atoms with Crippen LogP contribution in [0.5, 0.6) is 5.75 Å². The van der Waals surface area contributed by atoms with Crippen LogP contribution in [0.2, 0.25) is 5.02 Å². The van der Waals surface area contributed by atoms with Gasteiger partial charge in [-0.05, 0) is 72.3 Å². The lowest BCUT2D eigenvalue weighted by atomic mass is 10.0. The predicted octanol–water partition coefficient (Wildman–Crippen LogP) is 5.77. The monoisotopic (exact) mass is 422 g/mol. The van der Waals surface area contributed by atoms with E-state index in [4.69, 9.17) is 21.4 Å². The Labute approximate surface area is 180 Å². The summed E-state index contributed by atoms with van der Waals surface area (Å²) < 4.78 is 7.67. The number of benzene rings is 2. The maximum Gasteiger partial charge on any atom is 0.305 e. The van der Waals surface area contributed by atoms with Gasteiger partial charge in [0, 0.05) is 24.5 Å². The minimum absolute atomic E-state index is 0.0582. The van der Waals surface area contributed by atoms with E-state index in [2.05, 4.69) is 17.1 Å². The lowest BCUT2D eigenvalue weighted by Gasteiger charge is -2.12. The molecule has 0 saturated carbocycles. The first-order chi connectivity index (χ1) is 14.4. The van der Waals surface area contributed by atoms with Crippen molar-refractivity contribution >= 4 is 40.3 Å². The van der Waals surface area contributed by atoms with Gasteiger partial charge in [-0.3, -0.25) is 9.79 Å². The first-order valence-electron chi connectivity index (χ1n) is 9.93. The zero-order chi connectivity index (χ0) is 21.3. The van der Waals surface area contributed by atoms with Gasteiger partial charge >= 0.3 is 5.97 Å². The maximum atomic E-state index is 10.8. The van der Waals surface area contributed by atoms with Crippen molar-refractivity contribution in [1.29, 1.82) is 0 Å². The first-order valence-corrected chi connectivity index (χ1v) is 10.3. The van der Waals surface area contributed by atoms with Gasteiger partial charge in [0.25, 0.3) is 0 Å². The fourth-order valence-electron chi connectivity index (χ4n) is 3.61. The summed E-state index contributed by atoms with van der Waals surface area (Å²) in [6.07, 6.45) is 6.10. The number of hydrogen-bond acceptors (Lipinski definition) is 3. The number of aliphatic imine (C=N–C) groups is 1. The van der Waals surface area contributed by atoms with E-state index < -0.39 is 5.97 Å². The van der Waals surface area contributed by atoms with Crippen molar-refractivity contribution in [3.8, 4) is 5.75 Å². The van der Waals surface area contributed by atoms with Crippen LogP contribution in [0.4, 0.5) is 0 Å². The Bertz CT molecular complexity index is 1160. The molecule has 0 bridgehead atoms. The zero-order valence-corrected chi connectivity index (χ0v) is 17.6. The minimum Gasteiger partial charge on any atom is -0.489 e. The number of ether oxygens (including phenoxy) is 1. The summed E-state index contributed by atoms with van der Waals surface area (Å²) in [5, 5.41) is 10.6. The molecule has 154 valence electrons. The highest BCUT2D eigenvalue weighted by Gasteiger charge is 2.16. The molecule has 0 spiro atoms. The highest BCUT2D eigenvalue weighted by molar-refractivity contribution is 6.32. The second-order valence-electron chi connectivity index (χ2n) is 7.63. The largest absolute Gasteiger partial charge is 0.489 e. The molecule has 30 heavy (non-hydrogen) atoms. The van der Waals surface area contributed by atoms with E-state index >= 15 is 0 Å². The number of carbonyl (C=O) groups is 1. The van der Waals surface area contributed by atoms with E-state index in [-0.39, 0.29) is 18.6 Å². The van der Waals surface area contributed by atoms with Crippen molar-refractivity contribution < 1.29 is 14.6 Å². The SMILES string of the molecule is CC(C)Oc1ccc(C2=CC(c3ccc4c(ccn4CCC(=O)O)c3)N=C2)cc1Cl. The Balaban J connectivity index is 1.55. The van der Waals surface area contributed by atoms with E-state index in [9.17, 15) is 4.79 Å².